The van der Waals surface area contributed by atoms with Crippen LogP contribution in [-0.2, 0) is 16.6 Å². The highest BCUT2D eigenvalue weighted by atomic mass is 35.5. The molecule has 2 N–H and O–H groups in total. The molecule has 0 unspecified atom stereocenters. The molecule has 0 aliphatic heterocycles. The highest BCUT2D eigenvalue weighted by molar-refractivity contribution is 7.89. The van der Waals surface area contributed by atoms with E-state index in [1.54, 1.807) is 30.3 Å². The number of fused-ring (bicyclic) bond motifs is 1. The molecule has 0 radical (unpaired) electrons. The minimum Gasteiger partial charge on any atom is -0.468 e. The molecule has 2 aromatic carbocycles. The molecule has 4 rings (SSSR count). The second-order valence-electron chi connectivity index (χ2n) is 7.34. The number of hydrogen-bond donors (Lipinski definition) is 2. The number of furan rings is 1. The fourth-order valence-corrected chi connectivity index (χ4v) is 5.36. The fourth-order valence-electron chi connectivity index (χ4n) is 4.02. The van der Waals surface area contributed by atoms with E-state index in [2.05, 4.69) is 10.0 Å². The summed E-state index contributed by atoms with van der Waals surface area (Å²) < 4.78 is 33.5. The van der Waals surface area contributed by atoms with Gasteiger partial charge in [-0.3, -0.25) is 0 Å². The van der Waals surface area contributed by atoms with Crippen LogP contribution in [0.15, 0.2) is 64.1 Å². The molecular weight excluding hydrogens is 443 g/mol. The predicted octanol–water partition coefficient (Wildman–Crippen LogP) is 5.25. The van der Waals surface area contributed by atoms with Gasteiger partial charge < -0.3 is 9.73 Å². The van der Waals surface area contributed by atoms with Crippen molar-refractivity contribution in [3.05, 3.63) is 87.3 Å². The Hall–Kier alpha value is -1.83. The molecule has 0 saturated heterocycles. The largest absolute Gasteiger partial charge is 0.468 e. The average molecular weight is 465 g/mol. The summed E-state index contributed by atoms with van der Waals surface area (Å²) in [5.41, 5.74) is 3.16. The van der Waals surface area contributed by atoms with Gasteiger partial charge in [0.15, 0.2) is 0 Å². The topological polar surface area (TPSA) is 71.3 Å². The Morgan fingerprint density at radius 1 is 1.03 bits per heavy atom. The Bertz CT molecular complexity index is 1150. The van der Waals surface area contributed by atoms with Crippen molar-refractivity contribution in [1.29, 1.82) is 0 Å². The number of sulfonamides is 1. The molecule has 1 aromatic heterocycles. The van der Waals surface area contributed by atoms with E-state index in [0.29, 0.717) is 15.8 Å². The third-order valence-electron chi connectivity index (χ3n) is 5.57. The second kappa shape index (κ2) is 8.73. The van der Waals surface area contributed by atoms with Gasteiger partial charge in [0.2, 0.25) is 10.0 Å². The number of hydrogen-bond acceptors (Lipinski definition) is 4. The highest BCUT2D eigenvalue weighted by Gasteiger charge is 2.29. The zero-order valence-corrected chi connectivity index (χ0v) is 18.7. The molecular formula is C22H22Cl2N2O3S. The Labute approximate surface area is 186 Å². The fraction of sp³-hybridized carbons (Fsp3) is 0.273. The first-order valence-corrected chi connectivity index (χ1v) is 11.9. The van der Waals surface area contributed by atoms with Crippen molar-refractivity contribution in [2.75, 3.05) is 7.05 Å². The lowest BCUT2D eigenvalue weighted by atomic mass is 9.77. The van der Waals surface area contributed by atoms with Gasteiger partial charge in [0.25, 0.3) is 0 Å². The van der Waals surface area contributed by atoms with E-state index in [9.17, 15) is 8.42 Å². The molecule has 158 valence electrons. The predicted molar refractivity (Wildman–Crippen MR) is 119 cm³/mol. The van der Waals surface area contributed by atoms with Crippen LogP contribution in [0.5, 0.6) is 0 Å². The lowest BCUT2D eigenvalue weighted by Crippen LogP contribution is -2.27. The average Bonchev–Trinajstić information content (AvgIpc) is 3.27. The van der Waals surface area contributed by atoms with E-state index in [4.69, 9.17) is 27.6 Å². The van der Waals surface area contributed by atoms with Crippen LogP contribution in [0.3, 0.4) is 0 Å². The Morgan fingerprint density at radius 3 is 2.57 bits per heavy atom. The van der Waals surface area contributed by atoms with E-state index >= 15 is 0 Å². The third-order valence-corrected chi connectivity index (χ3v) is 7.71. The van der Waals surface area contributed by atoms with Gasteiger partial charge >= 0.3 is 0 Å². The van der Waals surface area contributed by atoms with Gasteiger partial charge in [0, 0.05) is 12.0 Å². The van der Waals surface area contributed by atoms with Gasteiger partial charge in [-0.2, -0.15) is 0 Å². The number of halogens is 2. The Morgan fingerprint density at radius 2 is 1.87 bits per heavy atom. The molecule has 1 aliphatic carbocycles. The van der Waals surface area contributed by atoms with Crippen molar-refractivity contribution in [1.82, 2.24) is 10.0 Å². The van der Waals surface area contributed by atoms with Crippen molar-refractivity contribution >= 4 is 33.2 Å². The van der Waals surface area contributed by atoms with Crippen molar-refractivity contribution in [2.24, 2.45) is 0 Å². The summed E-state index contributed by atoms with van der Waals surface area (Å²) in [4.78, 5) is 0.239. The van der Waals surface area contributed by atoms with Crippen LogP contribution < -0.4 is 10.0 Å². The van der Waals surface area contributed by atoms with Crippen LogP contribution in [0.2, 0.25) is 10.0 Å². The molecule has 1 heterocycles. The van der Waals surface area contributed by atoms with Gasteiger partial charge in [-0.1, -0.05) is 35.3 Å². The summed E-state index contributed by atoms with van der Waals surface area (Å²) in [6.07, 6.45) is 3.33. The van der Waals surface area contributed by atoms with E-state index in [0.717, 1.165) is 29.5 Å². The molecule has 8 heteroatoms. The summed E-state index contributed by atoms with van der Waals surface area (Å²) in [5.74, 6) is 0.691. The van der Waals surface area contributed by atoms with Gasteiger partial charge in [0.05, 0.1) is 27.7 Å². The summed E-state index contributed by atoms with van der Waals surface area (Å²) in [6.45, 7) is 0.105. The van der Waals surface area contributed by atoms with Crippen LogP contribution >= 0.6 is 23.2 Å². The van der Waals surface area contributed by atoms with Crippen LogP contribution in [0.1, 0.15) is 47.3 Å². The molecule has 0 spiro atoms. The highest BCUT2D eigenvalue weighted by Crippen LogP contribution is 2.43. The molecule has 0 saturated carbocycles. The molecule has 0 fully saturated rings. The molecule has 3 aromatic rings. The summed E-state index contributed by atoms with van der Waals surface area (Å²) >= 11 is 12.3. The normalized spacial score (nSPS) is 18.9. The lowest BCUT2D eigenvalue weighted by molar-refractivity contribution is 0.469. The molecule has 30 heavy (non-hydrogen) atoms. The maximum absolute atomic E-state index is 12.8. The van der Waals surface area contributed by atoms with E-state index in [1.807, 2.05) is 25.2 Å². The van der Waals surface area contributed by atoms with Crippen LogP contribution in [0.25, 0.3) is 0 Å². The smallest absolute Gasteiger partial charge is 0.240 e. The first-order chi connectivity index (χ1) is 14.4. The molecule has 2 atom stereocenters. The minimum absolute atomic E-state index is 0.0826. The monoisotopic (exact) mass is 464 g/mol. The molecule has 0 bridgehead atoms. The number of rotatable bonds is 6. The van der Waals surface area contributed by atoms with Gasteiger partial charge in [-0.25, -0.2) is 13.1 Å². The summed E-state index contributed by atoms with van der Waals surface area (Å²) in [5, 5.41) is 4.35. The van der Waals surface area contributed by atoms with Crippen LogP contribution in [-0.4, -0.2) is 15.5 Å². The lowest BCUT2D eigenvalue weighted by Gasteiger charge is -2.32. The molecule has 5 nitrogen and oxygen atoms in total. The number of benzene rings is 2. The third kappa shape index (κ3) is 4.29. The first kappa shape index (κ1) is 21.4. The standard InChI is InChI=1S/C22H22Cl2N2O3S/c1-25-22-9-7-17(14-4-8-20(23)21(24)11-14)18-6-5-16(12-19(18)22)30(27,28)26-13-15-3-2-10-29-15/h2-6,8,10-12,17,22,25-26H,7,9,13H2,1H3/t17-,22-/m0/s1. The maximum atomic E-state index is 12.8. The summed E-state index contributed by atoms with van der Waals surface area (Å²) in [6, 6.07) is 14.6. The SMILES string of the molecule is CN[C@H]1CC[C@@H](c2ccc(Cl)c(Cl)c2)c2ccc(S(=O)(=O)NCc3ccco3)cc21. The zero-order valence-electron chi connectivity index (χ0n) is 16.4. The molecule has 1 aliphatic rings. The zero-order chi connectivity index (χ0) is 21.3. The Kier molecular flexibility index (Phi) is 6.23. The van der Waals surface area contributed by atoms with E-state index in [1.165, 1.54) is 6.26 Å². The Balaban J connectivity index is 1.68. The van der Waals surface area contributed by atoms with Gasteiger partial charge in [-0.15, -0.1) is 0 Å². The van der Waals surface area contributed by atoms with Crippen molar-refractivity contribution in [3.8, 4) is 0 Å². The van der Waals surface area contributed by atoms with E-state index < -0.39 is 10.0 Å². The van der Waals surface area contributed by atoms with Crippen LogP contribution in [0.4, 0.5) is 0 Å². The minimum atomic E-state index is -3.67. The van der Waals surface area contributed by atoms with Crippen molar-refractivity contribution in [3.63, 3.8) is 0 Å². The summed E-state index contributed by atoms with van der Waals surface area (Å²) in [7, 11) is -1.78. The van der Waals surface area contributed by atoms with Crippen LogP contribution in [0, 0.1) is 0 Å². The van der Waals surface area contributed by atoms with Gasteiger partial charge in [0.1, 0.15) is 5.76 Å². The maximum Gasteiger partial charge on any atom is 0.240 e. The van der Waals surface area contributed by atoms with Crippen molar-refractivity contribution in [2.45, 2.75) is 36.2 Å². The second-order valence-corrected chi connectivity index (χ2v) is 9.92. The quantitative estimate of drug-likeness (QED) is 0.522. The molecule has 0 amide bonds. The number of nitrogens with one attached hydrogen (secondary N) is 2. The van der Waals surface area contributed by atoms with Crippen molar-refractivity contribution < 1.29 is 12.8 Å². The first-order valence-electron chi connectivity index (χ1n) is 9.67. The van der Waals surface area contributed by atoms with Gasteiger partial charge in [-0.05, 0) is 73.0 Å². The van der Waals surface area contributed by atoms with E-state index in [-0.39, 0.29) is 23.4 Å².